The molecule has 3 saturated carbocycles. The van der Waals surface area contributed by atoms with Gasteiger partial charge < -0.3 is 10.2 Å². The van der Waals surface area contributed by atoms with Crippen molar-refractivity contribution in [3.63, 3.8) is 0 Å². The Labute approximate surface area is 143 Å². The van der Waals surface area contributed by atoms with Crippen LogP contribution in [0.25, 0.3) is 0 Å². The summed E-state index contributed by atoms with van der Waals surface area (Å²) >= 11 is 0. The average molecular weight is 336 g/mol. The Hall–Kier alpha value is -0.740. The van der Waals surface area contributed by atoms with Crippen molar-refractivity contribution in [3.05, 3.63) is 11.6 Å². The molecule has 4 rings (SSSR count). The molecule has 3 fully saturated rings. The normalized spacial score (nSPS) is 57.0. The molecule has 0 amide bonds. The van der Waals surface area contributed by atoms with Gasteiger partial charge in [0.15, 0.2) is 5.78 Å². The Balaban J connectivity index is 1.82. The Morgan fingerprint density at radius 2 is 1.83 bits per heavy atom. The monoisotopic (exact) mass is 336 g/mol. The number of allylic oxidation sites excluding steroid dienone is 1. The highest BCUT2D eigenvalue weighted by molar-refractivity contribution is 5.91. The zero-order valence-corrected chi connectivity index (χ0v) is 14.9. The summed E-state index contributed by atoms with van der Waals surface area (Å²) in [6.45, 7) is 5.79. The maximum Gasteiger partial charge on any atom is 0.155 e. The number of hydrogen-bond donors (Lipinski definition) is 2. The molecule has 0 aromatic heterocycles. The number of aliphatic hydroxyl groups is 2. The number of rotatable bonds is 0. The number of halogens is 1. The third-order valence-corrected chi connectivity index (χ3v) is 8.60. The van der Waals surface area contributed by atoms with Gasteiger partial charge in [-0.1, -0.05) is 19.4 Å². The Morgan fingerprint density at radius 3 is 2.54 bits per heavy atom. The first-order valence-corrected chi connectivity index (χ1v) is 9.39. The number of ketones is 1. The van der Waals surface area contributed by atoms with E-state index in [-0.39, 0.29) is 17.6 Å². The molecule has 2 N–H and O–H groups in total. The summed E-state index contributed by atoms with van der Waals surface area (Å²) in [6, 6.07) is 0. The number of carbonyl (C=O) groups excluding carboxylic acids is 1. The van der Waals surface area contributed by atoms with Gasteiger partial charge in [0.1, 0.15) is 5.67 Å². The molecule has 0 heterocycles. The molecule has 0 saturated heterocycles. The zero-order valence-electron chi connectivity index (χ0n) is 14.9. The van der Waals surface area contributed by atoms with Gasteiger partial charge in [-0.25, -0.2) is 4.39 Å². The van der Waals surface area contributed by atoms with E-state index < -0.39 is 28.2 Å². The molecule has 0 spiro atoms. The molecule has 0 unspecified atom stereocenters. The van der Waals surface area contributed by atoms with Crippen LogP contribution < -0.4 is 0 Å². The van der Waals surface area contributed by atoms with Crippen molar-refractivity contribution in [2.45, 2.75) is 83.1 Å². The molecule has 3 nitrogen and oxygen atoms in total. The van der Waals surface area contributed by atoms with Crippen LogP contribution in [-0.2, 0) is 4.79 Å². The third kappa shape index (κ3) is 1.72. The summed E-state index contributed by atoms with van der Waals surface area (Å²) in [5.41, 5.74) is -2.83. The number of hydrogen-bond acceptors (Lipinski definition) is 3. The van der Waals surface area contributed by atoms with Crippen molar-refractivity contribution in [1.82, 2.24) is 0 Å². The lowest BCUT2D eigenvalue weighted by Crippen LogP contribution is -2.68. The molecule has 0 aromatic rings. The molecular weight excluding hydrogens is 307 g/mol. The molecule has 0 bridgehead atoms. The molecule has 4 aliphatic carbocycles. The molecular formula is C20H29FO3. The molecule has 0 aromatic carbocycles. The van der Waals surface area contributed by atoms with E-state index in [0.717, 1.165) is 18.4 Å². The Morgan fingerprint density at radius 1 is 1.12 bits per heavy atom. The van der Waals surface area contributed by atoms with Crippen LogP contribution in [0.3, 0.4) is 0 Å². The summed E-state index contributed by atoms with van der Waals surface area (Å²) in [7, 11) is 0. The summed E-state index contributed by atoms with van der Waals surface area (Å²) < 4.78 is 16.6. The third-order valence-electron chi connectivity index (χ3n) is 8.60. The van der Waals surface area contributed by atoms with Gasteiger partial charge in [-0.2, -0.15) is 0 Å². The zero-order chi connectivity index (χ0) is 17.5. The fourth-order valence-corrected chi connectivity index (χ4v) is 6.79. The number of aliphatic hydroxyl groups excluding tert-OH is 1. The van der Waals surface area contributed by atoms with Crippen LogP contribution in [0.4, 0.5) is 4.39 Å². The summed E-state index contributed by atoms with van der Waals surface area (Å²) in [5.74, 6) is -0.0593. The molecule has 4 aliphatic rings. The van der Waals surface area contributed by atoms with Crippen LogP contribution in [0.5, 0.6) is 0 Å². The number of alkyl halides is 1. The van der Waals surface area contributed by atoms with E-state index in [1.165, 1.54) is 0 Å². The van der Waals surface area contributed by atoms with E-state index in [2.05, 4.69) is 0 Å². The van der Waals surface area contributed by atoms with Gasteiger partial charge in [-0.15, -0.1) is 0 Å². The maximum absolute atomic E-state index is 16.6. The lowest BCUT2D eigenvalue weighted by atomic mass is 9.44. The maximum atomic E-state index is 16.6. The predicted octanol–water partition coefficient (Wildman–Crippen LogP) is 3.33. The van der Waals surface area contributed by atoms with E-state index in [0.29, 0.717) is 32.1 Å². The van der Waals surface area contributed by atoms with Crippen molar-refractivity contribution >= 4 is 5.78 Å². The van der Waals surface area contributed by atoms with Crippen molar-refractivity contribution in [3.8, 4) is 0 Å². The van der Waals surface area contributed by atoms with E-state index in [9.17, 15) is 15.0 Å². The van der Waals surface area contributed by atoms with Crippen LogP contribution in [0, 0.1) is 22.7 Å². The van der Waals surface area contributed by atoms with Gasteiger partial charge >= 0.3 is 0 Å². The smallest absolute Gasteiger partial charge is 0.155 e. The van der Waals surface area contributed by atoms with Gasteiger partial charge in [0.2, 0.25) is 0 Å². The van der Waals surface area contributed by atoms with Crippen molar-refractivity contribution in [2.24, 2.45) is 22.7 Å². The van der Waals surface area contributed by atoms with Crippen molar-refractivity contribution < 1.29 is 19.4 Å². The van der Waals surface area contributed by atoms with Crippen molar-refractivity contribution in [2.75, 3.05) is 0 Å². The lowest BCUT2D eigenvalue weighted by molar-refractivity contribution is -0.225. The SMILES string of the molecule is C[C@]1(O)CC[C@@H]2[C@H]3CCC4=CC(=O)CC[C@]4(C)[C@]3(F)[C@@H](O)C[C@]21C. The second kappa shape index (κ2) is 4.70. The molecule has 0 aliphatic heterocycles. The quantitative estimate of drug-likeness (QED) is 0.713. The van der Waals surface area contributed by atoms with E-state index in [4.69, 9.17) is 0 Å². The number of fused-ring (bicyclic) bond motifs is 5. The van der Waals surface area contributed by atoms with E-state index in [1.54, 1.807) is 6.08 Å². The van der Waals surface area contributed by atoms with Gasteiger partial charge in [-0.3, -0.25) is 4.79 Å². The first-order chi connectivity index (χ1) is 11.1. The highest BCUT2D eigenvalue weighted by atomic mass is 19.1. The largest absolute Gasteiger partial charge is 0.390 e. The molecule has 0 radical (unpaired) electrons. The Kier molecular flexibility index (Phi) is 3.27. The second-order valence-corrected chi connectivity index (χ2v) is 9.44. The molecule has 134 valence electrons. The number of carbonyl (C=O) groups is 1. The molecule has 7 atom stereocenters. The van der Waals surface area contributed by atoms with Gasteiger partial charge in [0.05, 0.1) is 11.7 Å². The summed E-state index contributed by atoms with van der Waals surface area (Å²) in [6.07, 6.45) is 4.60. The first kappa shape index (κ1) is 16.7. The van der Waals surface area contributed by atoms with Crippen LogP contribution in [0.2, 0.25) is 0 Å². The Bertz CT molecular complexity index is 626. The lowest BCUT2D eigenvalue weighted by Gasteiger charge is -2.63. The van der Waals surface area contributed by atoms with E-state index >= 15 is 4.39 Å². The highest BCUT2D eigenvalue weighted by Crippen LogP contribution is 2.70. The molecule has 24 heavy (non-hydrogen) atoms. The first-order valence-electron chi connectivity index (χ1n) is 9.39. The fraction of sp³-hybridized carbons (Fsp3) is 0.850. The van der Waals surface area contributed by atoms with Crippen LogP contribution in [0.15, 0.2) is 11.6 Å². The van der Waals surface area contributed by atoms with E-state index in [1.807, 2.05) is 20.8 Å². The minimum atomic E-state index is -1.69. The predicted molar refractivity (Wildman–Crippen MR) is 89.1 cm³/mol. The van der Waals surface area contributed by atoms with Gasteiger partial charge in [-0.05, 0) is 57.4 Å². The summed E-state index contributed by atoms with van der Waals surface area (Å²) in [4.78, 5) is 11.8. The topological polar surface area (TPSA) is 57.5 Å². The second-order valence-electron chi connectivity index (χ2n) is 9.44. The highest BCUT2D eigenvalue weighted by Gasteiger charge is 2.72. The minimum Gasteiger partial charge on any atom is -0.390 e. The summed E-state index contributed by atoms with van der Waals surface area (Å²) in [5, 5.41) is 21.9. The minimum absolute atomic E-state index is 0.0865. The molecule has 4 heteroatoms. The van der Waals surface area contributed by atoms with Crippen LogP contribution in [-0.4, -0.2) is 33.4 Å². The van der Waals surface area contributed by atoms with Gasteiger partial charge in [0, 0.05) is 23.2 Å². The average Bonchev–Trinajstić information content (AvgIpc) is 2.72. The van der Waals surface area contributed by atoms with Crippen LogP contribution >= 0.6 is 0 Å². The van der Waals surface area contributed by atoms with Gasteiger partial charge in [0.25, 0.3) is 0 Å². The van der Waals surface area contributed by atoms with Crippen molar-refractivity contribution in [1.29, 1.82) is 0 Å². The fourth-order valence-electron chi connectivity index (χ4n) is 6.79. The standard InChI is InChI=1S/C20H29FO3/c1-17-8-6-13(22)10-12(17)4-5-15-14-7-9-19(3,24)18(14,2)11-16(23)20(15,17)21/h10,14-16,23-24H,4-9,11H2,1-3H3/t14-,15-,16+,17+,18-,19+,20-/m1/s1. The van der Waals surface area contributed by atoms with Crippen LogP contribution in [0.1, 0.15) is 65.7 Å².